The van der Waals surface area contributed by atoms with Gasteiger partial charge in [0.25, 0.3) is 0 Å². The van der Waals surface area contributed by atoms with Crippen LogP contribution >= 0.6 is 11.8 Å². The number of hydrogen-bond acceptors (Lipinski definition) is 5. The molecule has 8 heteroatoms. The van der Waals surface area contributed by atoms with E-state index in [9.17, 15) is 24.6 Å². The molecule has 36 heavy (non-hydrogen) atoms. The summed E-state index contributed by atoms with van der Waals surface area (Å²) in [7, 11) is 0. The van der Waals surface area contributed by atoms with Crippen LogP contribution < -0.4 is 0 Å². The van der Waals surface area contributed by atoms with Crippen molar-refractivity contribution in [3.8, 4) is 0 Å². The lowest BCUT2D eigenvalue weighted by Gasteiger charge is -2.42. The molecule has 4 aliphatic rings. The van der Waals surface area contributed by atoms with Crippen molar-refractivity contribution in [2.24, 2.45) is 11.8 Å². The molecule has 2 unspecified atom stereocenters. The second-order valence-corrected chi connectivity index (χ2v) is 12.9. The van der Waals surface area contributed by atoms with Gasteiger partial charge in [0.15, 0.2) is 0 Å². The van der Waals surface area contributed by atoms with Crippen LogP contribution in [-0.4, -0.2) is 72.5 Å². The Balaban J connectivity index is 1.63. The van der Waals surface area contributed by atoms with Gasteiger partial charge < -0.3 is 20.0 Å². The Morgan fingerprint density at radius 1 is 1.22 bits per heavy atom. The summed E-state index contributed by atoms with van der Waals surface area (Å²) in [4.78, 5) is 44.8. The summed E-state index contributed by atoms with van der Waals surface area (Å²) in [5, 5.41) is 20.8. The zero-order valence-electron chi connectivity index (χ0n) is 20.8. The Hall–Kier alpha value is -2.32. The molecule has 2 amide bonds. The first-order valence-electron chi connectivity index (χ1n) is 13.1. The van der Waals surface area contributed by atoms with Crippen molar-refractivity contribution in [2.45, 2.75) is 79.5 Å². The largest absolute Gasteiger partial charge is 0.481 e. The number of carboxylic acid groups (broad SMARTS) is 1. The molecule has 5 rings (SSSR count). The molecule has 3 heterocycles. The molecular formula is C28H36N2O5S. The third kappa shape index (κ3) is 3.71. The molecule has 0 radical (unpaired) electrons. The average molecular weight is 513 g/mol. The fourth-order valence-electron chi connectivity index (χ4n) is 7.49. The number of amides is 2. The molecular weight excluding hydrogens is 476 g/mol. The Bertz CT molecular complexity index is 1040. The van der Waals surface area contributed by atoms with Crippen LogP contribution in [0.3, 0.4) is 0 Å². The normalized spacial score (nSPS) is 34.4. The van der Waals surface area contributed by atoms with Crippen LogP contribution in [0, 0.1) is 11.8 Å². The number of carboxylic acids is 1. The van der Waals surface area contributed by atoms with Crippen molar-refractivity contribution in [2.75, 3.05) is 13.2 Å². The van der Waals surface area contributed by atoms with Gasteiger partial charge in [0.05, 0.1) is 29.2 Å². The minimum Gasteiger partial charge on any atom is -0.481 e. The summed E-state index contributed by atoms with van der Waals surface area (Å²) in [6.45, 7) is 5.89. The second kappa shape index (κ2) is 9.53. The van der Waals surface area contributed by atoms with E-state index in [1.165, 1.54) is 11.8 Å². The molecule has 1 spiro atoms. The first-order valence-corrected chi connectivity index (χ1v) is 13.9. The lowest BCUT2D eigenvalue weighted by molar-refractivity contribution is -0.151. The molecule has 3 aliphatic heterocycles. The van der Waals surface area contributed by atoms with Crippen molar-refractivity contribution in [3.63, 3.8) is 0 Å². The van der Waals surface area contributed by atoms with E-state index >= 15 is 0 Å². The molecule has 0 aromatic heterocycles. The second-order valence-electron chi connectivity index (χ2n) is 11.0. The Labute approximate surface area is 216 Å². The smallest absolute Gasteiger partial charge is 0.308 e. The number of likely N-dealkylation sites (tertiary alicyclic amines) is 1. The summed E-state index contributed by atoms with van der Waals surface area (Å²) in [5.41, 5.74) is 0.744. The van der Waals surface area contributed by atoms with E-state index in [0.29, 0.717) is 19.4 Å². The Morgan fingerprint density at radius 3 is 2.53 bits per heavy atom. The Morgan fingerprint density at radius 2 is 1.92 bits per heavy atom. The van der Waals surface area contributed by atoms with E-state index in [-0.39, 0.29) is 24.5 Å². The number of thioether (sulfide) groups is 1. The Kier molecular flexibility index (Phi) is 6.70. The monoisotopic (exact) mass is 512 g/mol. The van der Waals surface area contributed by atoms with E-state index in [2.05, 4.69) is 6.58 Å². The number of nitrogens with zero attached hydrogens (tertiary/aromatic N) is 2. The van der Waals surface area contributed by atoms with Crippen molar-refractivity contribution < 1.29 is 24.6 Å². The zero-order valence-corrected chi connectivity index (χ0v) is 21.7. The van der Waals surface area contributed by atoms with Crippen LogP contribution in [0.25, 0.3) is 0 Å². The molecule has 1 aromatic rings. The quantitative estimate of drug-likeness (QED) is 0.516. The van der Waals surface area contributed by atoms with Crippen molar-refractivity contribution in [1.29, 1.82) is 0 Å². The topological polar surface area (TPSA) is 98.2 Å². The molecule has 2 bridgehead atoms. The minimum absolute atomic E-state index is 0.0791. The van der Waals surface area contributed by atoms with Gasteiger partial charge in [-0.25, -0.2) is 0 Å². The molecule has 194 valence electrons. The summed E-state index contributed by atoms with van der Waals surface area (Å²) in [5.74, 6) is -3.07. The standard InChI is InChI=1S/C28H36N2O5S/c1-3-16-29(19-12-8-5-9-13-19)25(33)23-28-15-14-27(2,36-28)22(26(34)35)21(28)24(32)30(23)20(17-31)18-10-6-4-7-11-18/h3-4,6-7,10-11,19-23,31H,1,5,8-9,12-17H2,2H3,(H,34,35)/t20-,21+,22-,23?,27+,28?/m1/s1. The van der Waals surface area contributed by atoms with Crippen LogP contribution in [0.2, 0.25) is 0 Å². The maximum Gasteiger partial charge on any atom is 0.308 e. The highest BCUT2D eigenvalue weighted by Crippen LogP contribution is 2.72. The van der Waals surface area contributed by atoms with Crippen molar-refractivity contribution >= 4 is 29.5 Å². The highest BCUT2D eigenvalue weighted by atomic mass is 32.2. The molecule has 3 saturated heterocycles. The van der Waals surface area contributed by atoms with Crippen LogP contribution in [0.5, 0.6) is 0 Å². The van der Waals surface area contributed by atoms with E-state index in [1.807, 2.05) is 42.2 Å². The van der Waals surface area contributed by atoms with Gasteiger partial charge in [-0.1, -0.05) is 55.7 Å². The summed E-state index contributed by atoms with van der Waals surface area (Å²) in [6, 6.07) is 7.81. The maximum absolute atomic E-state index is 14.6. The number of carbonyl (C=O) groups excluding carboxylic acids is 2. The lowest BCUT2D eigenvalue weighted by Crippen LogP contribution is -2.57. The number of fused-ring (bicyclic) bond motifs is 1. The summed E-state index contributed by atoms with van der Waals surface area (Å²) < 4.78 is -1.41. The number of rotatable bonds is 8. The van der Waals surface area contributed by atoms with E-state index in [1.54, 1.807) is 11.0 Å². The molecule has 7 nitrogen and oxygen atoms in total. The summed E-state index contributed by atoms with van der Waals surface area (Å²) >= 11 is 1.54. The van der Waals surface area contributed by atoms with Crippen LogP contribution in [0.4, 0.5) is 0 Å². The van der Waals surface area contributed by atoms with Gasteiger partial charge in [-0.15, -0.1) is 18.3 Å². The number of hydrogen-bond donors (Lipinski definition) is 2. The van der Waals surface area contributed by atoms with Crippen LogP contribution in [-0.2, 0) is 14.4 Å². The molecule has 1 aromatic carbocycles. The number of aliphatic hydroxyl groups is 1. The van der Waals surface area contributed by atoms with E-state index in [4.69, 9.17) is 0 Å². The first kappa shape index (κ1) is 25.3. The SMILES string of the molecule is C=CCN(C(=O)C1N([C@H](CO)c2ccccc2)C(=O)[C@@H]2[C@H](C(=O)O)[C@]3(C)CCC12S3)C1CCCCC1. The summed E-state index contributed by atoms with van der Waals surface area (Å²) in [6.07, 6.45) is 8.11. The number of aliphatic hydroxyl groups excluding tert-OH is 1. The minimum atomic E-state index is -0.978. The third-order valence-corrected chi connectivity index (χ3v) is 11.0. The molecule has 6 atom stereocenters. The average Bonchev–Trinajstić information content (AvgIpc) is 3.45. The van der Waals surface area contributed by atoms with E-state index < -0.39 is 39.4 Å². The number of carbonyl (C=O) groups is 3. The van der Waals surface area contributed by atoms with Gasteiger partial charge in [0, 0.05) is 17.3 Å². The number of aliphatic carboxylic acids is 1. The van der Waals surface area contributed by atoms with Crippen LogP contribution in [0.1, 0.15) is 63.5 Å². The fourth-order valence-corrected chi connectivity index (χ4v) is 9.82. The maximum atomic E-state index is 14.6. The predicted octanol–water partition coefficient (Wildman–Crippen LogP) is 3.63. The molecule has 2 N–H and O–H groups in total. The van der Waals surface area contributed by atoms with Gasteiger partial charge in [-0.3, -0.25) is 14.4 Å². The van der Waals surface area contributed by atoms with Crippen molar-refractivity contribution in [1.82, 2.24) is 9.80 Å². The van der Waals surface area contributed by atoms with Crippen LogP contribution in [0.15, 0.2) is 43.0 Å². The van der Waals surface area contributed by atoms with Crippen molar-refractivity contribution in [3.05, 3.63) is 48.6 Å². The fraction of sp³-hybridized carbons (Fsp3) is 0.607. The molecule has 1 saturated carbocycles. The molecule has 4 fully saturated rings. The molecule has 1 aliphatic carbocycles. The highest BCUT2D eigenvalue weighted by molar-refractivity contribution is 8.02. The zero-order chi connectivity index (χ0) is 25.7. The highest BCUT2D eigenvalue weighted by Gasteiger charge is 2.78. The van der Waals surface area contributed by atoms with Gasteiger partial charge in [-0.05, 0) is 38.2 Å². The van der Waals surface area contributed by atoms with Gasteiger partial charge in [0.1, 0.15) is 6.04 Å². The van der Waals surface area contributed by atoms with Gasteiger partial charge in [0.2, 0.25) is 11.8 Å². The third-order valence-electron chi connectivity index (χ3n) is 9.03. The first-order chi connectivity index (χ1) is 17.3. The number of benzene rings is 1. The van der Waals surface area contributed by atoms with Gasteiger partial charge >= 0.3 is 5.97 Å². The van der Waals surface area contributed by atoms with Gasteiger partial charge in [-0.2, -0.15) is 0 Å². The predicted molar refractivity (Wildman–Crippen MR) is 138 cm³/mol. The lowest BCUT2D eigenvalue weighted by atomic mass is 9.66. The van der Waals surface area contributed by atoms with E-state index in [0.717, 1.165) is 37.7 Å².